The van der Waals surface area contributed by atoms with E-state index < -0.39 is 5.91 Å². The highest BCUT2D eigenvalue weighted by Gasteiger charge is 2.11. The van der Waals surface area contributed by atoms with E-state index in [4.69, 9.17) is 10.2 Å². The molecule has 5 nitrogen and oxygen atoms in total. The van der Waals surface area contributed by atoms with Crippen LogP contribution in [0.4, 0.5) is 0 Å². The van der Waals surface area contributed by atoms with Gasteiger partial charge in [-0.15, -0.1) is 10.2 Å². The lowest BCUT2D eigenvalue weighted by Gasteiger charge is -2.00. The number of thioether (sulfide) groups is 1. The summed E-state index contributed by atoms with van der Waals surface area (Å²) in [6, 6.07) is 14.8. The van der Waals surface area contributed by atoms with Crippen molar-refractivity contribution in [3.63, 3.8) is 0 Å². The Labute approximate surface area is 145 Å². The Hall–Kier alpha value is -2.12. The van der Waals surface area contributed by atoms with Crippen LogP contribution in [0.5, 0.6) is 0 Å². The first-order valence-electron chi connectivity index (χ1n) is 6.73. The first-order valence-corrected chi connectivity index (χ1v) is 8.51. The van der Waals surface area contributed by atoms with E-state index in [0.29, 0.717) is 22.4 Å². The number of hydrogen-bond donors (Lipinski definition) is 1. The molecule has 0 spiro atoms. The van der Waals surface area contributed by atoms with Gasteiger partial charge in [0, 0.05) is 15.8 Å². The van der Waals surface area contributed by atoms with Crippen molar-refractivity contribution >= 4 is 33.6 Å². The molecule has 0 atom stereocenters. The maximum absolute atomic E-state index is 11.0. The third-order valence-electron chi connectivity index (χ3n) is 3.11. The van der Waals surface area contributed by atoms with Gasteiger partial charge in [-0.3, -0.25) is 4.79 Å². The molecule has 3 aromatic rings. The van der Waals surface area contributed by atoms with Gasteiger partial charge in [0.05, 0.1) is 5.56 Å². The number of benzene rings is 2. The highest BCUT2D eigenvalue weighted by atomic mass is 79.9. The molecule has 1 amide bonds. The summed E-state index contributed by atoms with van der Waals surface area (Å²) in [7, 11) is 0. The number of rotatable bonds is 5. The average molecular weight is 390 g/mol. The molecule has 0 aliphatic carbocycles. The van der Waals surface area contributed by atoms with Gasteiger partial charge in [-0.1, -0.05) is 36.0 Å². The highest BCUT2D eigenvalue weighted by Crippen LogP contribution is 2.30. The second-order valence-corrected chi connectivity index (χ2v) is 6.48. The van der Waals surface area contributed by atoms with Gasteiger partial charge < -0.3 is 10.2 Å². The number of amides is 1. The summed E-state index contributed by atoms with van der Waals surface area (Å²) in [6.07, 6.45) is 0. The minimum atomic E-state index is -0.431. The molecule has 2 N–H and O–H groups in total. The zero-order chi connectivity index (χ0) is 16.2. The number of aromatic nitrogens is 2. The molecule has 2 aromatic carbocycles. The number of primary amides is 1. The van der Waals surface area contributed by atoms with Crippen molar-refractivity contribution in [3.05, 3.63) is 64.1 Å². The first kappa shape index (κ1) is 15.8. The van der Waals surface area contributed by atoms with Crippen LogP contribution in [0.25, 0.3) is 11.5 Å². The maximum atomic E-state index is 11.0. The van der Waals surface area contributed by atoms with Crippen LogP contribution in [0.2, 0.25) is 0 Å². The second kappa shape index (κ2) is 6.97. The molecule has 0 unspecified atom stereocenters. The highest BCUT2D eigenvalue weighted by molar-refractivity contribution is 9.10. The fraction of sp³-hybridized carbons (Fsp3) is 0.0625. The van der Waals surface area contributed by atoms with Crippen molar-refractivity contribution in [2.75, 3.05) is 0 Å². The van der Waals surface area contributed by atoms with E-state index >= 15 is 0 Å². The Balaban J connectivity index is 1.68. The van der Waals surface area contributed by atoms with Crippen LogP contribution in [-0.4, -0.2) is 16.1 Å². The van der Waals surface area contributed by atoms with E-state index in [0.717, 1.165) is 15.6 Å². The average Bonchev–Trinajstić information content (AvgIpc) is 3.02. The summed E-state index contributed by atoms with van der Waals surface area (Å²) < 4.78 is 6.58. The van der Waals surface area contributed by atoms with Crippen LogP contribution in [0.1, 0.15) is 15.9 Å². The Morgan fingerprint density at radius 1 is 1.13 bits per heavy atom. The number of carbonyl (C=O) groups is 1. The monoisotopic (exact) mass is 389 g/mol. The van der Waals surface area contributed by atoms with Crippen LogP contribution in [-0.2, 0) is 5.75 Å². The summed E-state index contributed by atoms with van der Waals surface area (Å²) in [5.74, 6) is 0.708. The molecule has 0 saturated carbocycles. The summed E-state index contributed by atoms with van der Waals surface area (Å²) in [5, 5.41) is 8.61. The van der Waals surface area contributed by atoms with Gasteiger partial charge in [0.15, 0.2) is 0 Å². The van der Waals surface area contributed by atoms with Crippen LogP contribution in [0.3, 0.4) is 0 Å². The molecule has 116 valence electrons. The Kier molecular flexibility index (Phi) is 4.78. The Morgan fingerprint density at radius 2 is 1.87 bits per heavy atom. The molecular weight excluding hydrogens is 378 g/mol. The van der Waals surface area contributed by atoms with Gasteiger partial charge >= 0.3 is 0 Å². The molecule has 1 heterocycles. The van der Waals surface area contributed by atoms with Gasteiger partial charge in [-0.05, 0) is 45.8 Å². The molecule has 3 rings (SSSR count). The predicted molar refractivity (Wildman–Crippen MR) is 92.0 cm³/mol. The summed E-state index contributed by atoms with van der Waals surface area (Å²) in [6.45, 7) is 0. The van der Waals surface area contributed by atoms with Gasteiger partial charge in [0.2, 0.25) is 11.8 Å². The molecule has 1 aromatic heterocycles. The topological polar surface area (TPSA) is 82.0 Å². The Bertz CT molecular complexity index is 833. The maximum Gasteiger partial charge on any atom is 0.277 e. The number of carbonyl (C=O) groups excluding carboxylic acids is 1. The van der Waals surface area contributed by atoms with Crippen LogP contribution in [0, 0.1) is 0 Å². The molecule has 0 fully saturated rings. The smallest absolute Gasteiger partial charge is 0.277 e. The number of nitrogens with zero attached hydrogens (tertiary/aromatic N) is 2. The molecular formula is C16H12BrN3O2S. The minimum Gasteiger partial charge on any atom is -0.411 e. The zero-order valence-electron chi connectivity index (χ0n) is 11.9. The quantitative estimate of drug-likeness (QED) is 0.669. The van der Waals surface area contributed by atoms with E-state index in [9.17, 15) is 4.79 Å². The van der Waals surface area contributed by atoms with Crippen LogP contribution in [0.15, 0.2) is 62.6 Å². The predicted octanol–water partition coefficient (Wildman–Crippen LogP) is 3.89. The van der Waals surface area contributed by atoms with Crippen molar-refractivity contribution in [3.8, 4) is 11.5 Å². The van der Waals surface area contributed by atoms with E-state index in [1.807, 2.05) is 36.4 Å². The van der Waals surface area contributed by atoms with Gasteiger partial charge in [0.25, 0.3) is 5.22 Å². The largest absolute Gasteiger partial charge is 0.411 e. The fourth-order valence-corrected chi connectivity index (χ4v) is 3.10. The summed E-state index contributed by atoms with van der Waals surface area (Å²) in [5.41, 5.74) is 7.61. The van der Waals surface area contributed by atoms with Crippen molar-refractivity contribution in [2.45, 2.75) is 11.0 Å². The van der Waals surface area contributed by atoms with Crippen molar-refractivity contribution < 1.29 is 9.21 Å². The molecule has 0 saturated heterocycles. The van der Waals surface area contributed by atoms with Crippen molar-refractivity contribution in [1.82, 2.24) is 10.2 Å². The minimum absolute atomic E-state index is 0.431. The van der Waals surface area contributed by atoms with Crippen molar-refractivity contribution in [1.29, 1.82) is 0 Å². The Morgan fingerprint density at radius 3 is 2.57 bits per heavy atom. The molecule has 0 radical (unpaired) electrons. The molecule has 7 heteroatoms. The molecule has 23 heavy (non-hydrogen) atoms. The SMILES string of the molecule is NC(=O)c1ccc(CSc2nnc(-c3ccccc3Br)o2)cc1. The fourth-order valence-electron chi connectivity index (χ4n) is 1.92. The zero-order valence-corrected chi connectivity index (χ0v) is 14.3. The standard InChI is InChI=1S/C16H12BrN3O2S/c17-13-4-2-1-3-12(13)15-19-20-16(22-15)23-9-10-5-7-11(8-6-10)14(18)21/h1-8H,9H2,(H2,18,21). The number of hydrogen-bond acceptors (Lipinski definition) is 5. The van der Waals surface area contributed by atoms with E-state index in [1.165, 1.54) is 11.8 Å². The lowest BCUT2D eigenvalue weighted by atomic mass is 10.1. The second-order valence-electron chi connectivity index (χ2n) is 4.70. The van der Waals surface area contributed by atoms with Gasteiger partial charge in [-0.2, -0.15) is 0 Å². The van der Waals surface area contributed by atoms with Crippen LogP contribution >= 0.6 is 27.7 Å². The third kappa shape index (κ3) is 3.80. The van der Waals surface area contributed by atoms with Gasteiger partial charge in [-0.25, -0.2) is 0 Å². The lowest BCUT2D eigenvalue weighted by molar-refractivity contribution is 0.100. The molecule has 0 aliphatic heterocycles. The number of nitrogens with two attached hydrogens (primary N) is 1. The van der Waals surface area contributed by atoms with E-state index in [1.54, 1.807) is 12.1 Å². The lowest BCUT2D eigenvalue weighted by Crippen LogP contribution is -2.10. The normalized spacial score (nSPS) is 10.7. The summed E-state index contributed by atoms with van der Waals surface area (Å²) >= 11 is 4.90. The number of halogens is 1. The summed E-state index contributed by atoms with van der Waals surface area (Å²) in [4.78, 5) is 11.0. The van der Waals surface area contributed by atoms with Crippen molar-refractivity contribution in [2.24, 2.45) is 5.73 Å². The molecule has 0 aliphatic rings. The third-order valence-corrected chi connectivity index (χ3v) is 4.69. The van der Waals surface area contributed by atoms with E-state index in [-0.39, 0.29) is 0 Å². The molecule has 0 bridgehead atoms. The van der Waals surface area contributed by atoms with Gasteiger partial charge in [0.1, 0.15) is 0 Å². The van der Waals surface area contributed by atoms with Crippen LogP contribution < -0.4 is 5.73 Å². The first-order chi connectivity index (χ1) is 11.1. The van der Waals surface area contributed by atoms with E-state index in [2.05, 4.69) is 26.1 Å².